The summed E-state index contributed by atoms with van der Waals surface area (Å²) in [4.78, 5) is 33.0. The lowest BCUT2D eigenvalue weighted by molar-refractivity contribution is -0.134. The van der Waals surface area contributed by atoms with Crippen LogP contribution in [0, 0.1) is 17.3 Å². The number of likely N-dealkylation sites (tertiary alicyclic amines) is 1. The van der Waals surface area contributed by atoms with Gasteiger partial charge in [-0.2, -0.15) is 0 Å². The van der Waals surface area contributed by atoms with Gasteiger partial charge in [-0.1, -0.05) is 19.9 Å². The van der Waals surface area contributed by atoms with Gasteiger partial charge < -0.3 is 9.80 Å². The molecule has 24 heavy (non-hydrogen) atoms. The van der Waals surface area contributed by atoms with E-state index >= 15 is 0 Å². The minimum absolute atomic E-state index is 0.0437. The molecule has 2 aliphatic rings. The third-order valence-corrected chi connectivity index (χ3v) is 5.31. The molecule has 5 nitrogen and oxygen atoms in total. The normalized spacial score (nSPS) is 25.3. The molecule has 0 bridgehead atoms. The number of carbonyl (C=O) groups is 2. The molecule has 1 spiro atoms. The third-order valence-electron chi connectivity index (χ3n) is 5.31. The summed E-state index contributed by atoms with van der Waals surface area (Å²) >= 11 is 0. The first kappa shape index (κ1) is 16.9. The van der Waals surface area contributed by atoms with Crippen molar-refractivity contribution in [3.05, 3.63) is 30.1 Å². The summed E-state index contributed by atoms with van der Waals surface area (Å²) in [5, 5.41) is 0. The number of hydrogen-bond donors (Lipinski definition) is 0. The Labute approximate surface area is 144 Å². The lowest BCUT2D eigenvalue weighted by Crippen LogP contribution is -2.32. The van der Waals surface area contributed by atoms with Crippen LogP contribution in [0.25, 0.3) is 0 Å². The molecule has 3 rings (SSSR count). The SMILES string of the molecule is CC(C)CC(=O)N1CC[C@@]2(C[C@H]2C(=O)N(C)Cc2ccccn2)C1. The van der Waals surface area contributed by atoms with Crippen LogP contribution in [-0.4, -0.2) is 46.7 Å². The molecular formula is C19H27N3O2. The summed E-state index contributed by atoms with van der Waals surface area (Å²) in [6, 6.07) is 5.76. The van der Waals surface area contributed by atoms with Crippen molar-refractivity contribution >= 4 is 11.8 Å². The van der Waals surface area contributed by atoms with E-state index in [1.165, 1.54) is 0 Å². The Morgan fingerprint density at radius 2 is 2.21 bits per heavy atom. The van der Waals surface area contributed by atoms with Crippen LogP contribution in [0.15, 0.2) is 24.4 Å². The van der Waals surface area contributed by atoms with Crippen LogP contribution in [0.5, 0.6) is 0 Å². The first-order valence-electron chi connectivity index (χ1n) is 8.84. The van der Waals surface area contributed by atoms with E-state index < -0.39 is 0 Å². The van der Waals surface area contributed by atoms with Gasteiger partial charge in [0.05, 0.1) is 12.2 Å². The highest BCUT2D eigenvalue weighted by Gasteiger charge is 2.61. The van der Waals surface area contributed by atoms with Crippen LogP contribution < -0.4 is 0 Å². The Balaban J connectivity index is 1.55. The molecule has 2 heterocycles. The van der Waals surface area contributed by atoms with Crippen molar-refractivity contribution in [1.82, 2.24) is 14.8 Å². The fraction of sp³-hybridized carbons (Fsp3) is 0.632. The maximum atomic E-state index is 12.7. The van der Waals surface area contributed by atoms with Gasteiger partial charge in [-0.3, -0.25) is 14.6 Å². The molecule has 130 valence electrons. The van der Waals surface area contributed by atoms with Gasteiger partial charge in [0.25, 0.3) is 0 Å². The standard InChI is InChI=1S/C19H27N3O2/c1-14(2)10-17(23)22-9-7-19(13-22)11-16(19)18(24)21(3)12-15-6-4-5-8-20-15/h4-6,8,14,16H,7,9-13H2,1-3H3/t16-,19+/m0/s1. The second-order valence-electron chi connectivity index (χ2n) is 7.80. The molecule has 1 aliphatic heterocycles. The summed E-state index contributed by atoms with van der Waals surface area (Å²) in [5.41, 5.74) is 0.949. The van der Waals surface area contributed by atoms with Crippen molar-refractivity contribution in [2.24, 2.45) is 17.3 Å². The van der Waals surface area contributed by atoms with Gasteiger partial charge in [-0.05, 0) is 30.9 Å². The lowest BCUT2D eigenvalue weighted by atomic mass is 10.0. The van der Waals surface area contributed by atoms with Crippen molar-refractivity contribution in [2.45, 2.75) is 39.7 Å². The molecule has 1 saturated carbocycles. The maximum absolute atomic E-state index is 12.7. The first-order chi connectivity index (χ1) is 11.4. The fourth-order valence-corrected chi connectivity index (χ4v) is 3.81. The Bertz CT molecular complexity index is 616. The van der Waals surface area contributed by atoms with Crippen molar-refractivity contribution in [3.63, 3.8) is 0 Å². The number of rotatable bonds is 5. The average Bonchev–Trinajstić information content (AvgIpc) is 3.06. The predicted octanol–water partition coefficient (Wildman–Crippen LogP) is 2.32. The maximum Gasteiger partial charge on any atom is 0.226 e. The van der Waals surface area contributed by atoms with Crippen LogP contribution >= 0.6 is 0 Å². The van der Waals surface area contributed by atoms with Crippen LogP contribution in [0.4, 0.5) is 0 Å². The minimum atomic E-state index is 0.0437. The first-order valence-corrected chi connectivity index (χ1v) is 8.84. The highest BCUT2D eigenvalue weighted by molar-refractivity contribution is 5.83. The summed E-state index contributed by atoms with van der Waals surface area (Å²) in [6.07, 6.45) is 4.24. The fourth-order valence-electron chi connectivity index (χ4n) is 3.81. The third kappa shape index (κ3) is 3.45. The van der Waals surface area contributed by atoms with Crippen LogP contribution in [0.3, 0.4) is 0 Å². The number of hydrogen-bond acceptors (Lipinski definition) is 3. The van der Waals surface area contributed by atoms with Gasteiger partial charge in [0, 0.05) is 44.1 Å². The second-order valence-corrected chi connectivity index (χ2v) is 7.80. The summed E-state index contributed by atoms with van der Waals surface area (Å²) in [6.45, 7) is 6.24. The molecule has 5 heteroatoms. The predicted molar refractivity (Wildman–Crippen MR) is 91.9 cm³/mol. The smallest absolute Gasteiger partial charge is 0.226 e. The molecule has 2 atom stereocenters. The molecule has 0 aromatic carbocycles. The summed E-state index contributed by atoms with van der Waals surface area (Å²) in [7, 11) is 1.85. The van der Waals surface area contributed by atoms with Gasteiger partial charge >= 0.3 is 0 Å². The molecule has 0 unspecified atom stereocenters. The Morgan fingerprint density at radius 1 is 1.42 bits per heavy atom. The molecule has 0 N–H and O–H groups in total. The van der Waals surface area contributed by atoms with E-state index in [1.807, 2.05) is 30.1 Å². The van der Waals surface area contributed by atoms with Gasteiger partial charge in [-0.25, -0.2) is 0 Å². The number of carbonyl (C=O) groups excluding carboxylic acids is 2. The lowest BCUT2D eigenvalue weighted by Gasteiger charge is -2.20. The van der Waals surface area contributed by atoms with Crippen molar-refractivity contribution < 1.29 is 9.59 Å². The zero-order valence-corrected chi connectivity index (χ0v) is 14.9. The van der Waals surface area contributed by atoms with Crippen LogP contribution in [0.2, 0.25) is 0 Å². The van der Waals surface area contributed by atoms with E-state index in [0.29, 0.717) is 18.9 Å². The van der Waals surface area contributed by atoms with Gasteiger partial charge in [-0.15, -0.1) is 0 Å². The second kappa shape index (κ2) is 6.54. The van der Waals surface area contributed by atoms with Crippen molar-refractivity contribution in [1.29, 1.82) is 0 Å². The molecular weight excluding hydrogens is 302 g/mol. The van der Waals surface area contributed by atoms with E-state index in [1.54, 1.807) is 11.1 Å². The quantitative estimate of drug-likeness (QED) is 0.833. The van der Waals surface area contributed by atoms with Crippen LogP contribution in [-0.2, 0) is 16.1 Å². The number of aromatic nitrogens is 1. The van der Waals surface area contributed by atoms with Crippen molar-refractivity contribution in [3.8, 4) is 0 Å². The minimum Gasteiger partial charge on any atom is -0.342 e. The van der Waals surface area contributed by atoms with Crippen LogP contribution in [0.1, 0.15) is 38.8 Å². The van der Waals surface area contributed by atoms with E-state index in [-0.39, 0.29) is 23.1 Å². The molecule has 1 aromatic heterocycles. The number of pyridine rings is 1. The van der Waals surface area contributed by atoms with Gasteiger partial charge in [0.2, 0.25) is 11.8 Å². The molecule has 1 saturated heterocycles. The zero-order valence-electron chi connectivity index (χ0n) is 14.9. The zero-order chi connectivity index (χ0) is 17.3. The molecule has 2 amide bonds. The van der Waals surface area contributed by atoms with Crippen molar-refractivity contribution in [2.75, 3.05) is 20.1 Å². The largest absolute Gasteiger partial charge is 0.342 e. The van der Waals surface area contributed by atoms with E-state index in [9.17, 15) is 9.59 Å². The molecule has 1 aromatic rings. The van der Waals surface area contributed by atoms with E-state index in [4.69, 9.17) is 0 Å². The number of amides is 2. The topological polar surface area (TPSA) is 53.5 Å². The molecule has 0 radical (unpaired) electrons. The molecule has 1 aliphatic carbocycles. The highest BCUT2D eigenvalue weighted by Crippen LogP contribution is 2.59. The Hall–Kier alpha value is -1.91. The highest BCUT2D eigenvalue weighted by atomic mass is 16.2. The summed E-state index contributed by atoms with van der Waals surface area (Å²) < 4.78 is 0. The van der Waals surface area contributed by atoms with Gasteiger partial charge in [0.15, 0.2) is 0 Å². The average molecular weight is 329 g/mol. The number of nitrogens with zero attached hydrogens (tertiary/aromatic N) is 3. The Morgan fingerprint density at radius 3 is 2.88 bits per heavy atom. The van der Waals surface area contributed by atoms with E-state index in [2.05, 4.69) is 18.8 Å². The Kier molecular flexibility index (Phi) is 4.61. The van der Waals surface area contributed by atoms with Gasteiger partial charge in [0.1, 0.15) is 0 Å². The molecule has 2 fully saturated rings. The van der Waals surface area contributed by atoms with E-state index in [0.717, 1.165) is 31.6 Å². The summed E-state index contributed by atoms with van der Waals surface area (Å²) in [5.74, 6) is 0.888. The monoisotopic (exact) mass is 329 g/mol.